The van der Waals surface area contributed by atoms with Gasteiger partial charge < -0.3 is 0 Å². The van der Waals surface area contributed by atoms with E-state index in [1.165, 1.54) is 0 Å². The van der Waals surface area contributed by atoms with Crippen LogP contribution in [0.25, 0.3) is 0 Å². The molecule has 0 aromatic rings. The largest absolute Gasteiger partial charge is 0.293 e. The van der Waals surface area contributed by atoms with Crippen LogP contribution in [0.15, 0.2) is 0 Å². The average molecular weight is 118 g/mol. The Kier molecular flexibility index (Phi) is 1.90. The molecule has 0 radical (unpaired) electrons. The van der Waals surface area contributed by atoms with E-state index in [1.807, 2.05) is 6.92 Å². The Morgan fingerprint density at radius 1 is 1.29 bits per heavy atom. The van der Waals surface area contributed by atoms with Crippen molar-refractivity contribution in [3.05, 3.63) is 0 Å². The Balaban J connectivity index is 3.79. The van der Waals surface area contributed by atoms with E-state index in [0.717, 1.165) is 9.47 Å². The quantitative estimate of drug-likeness (QED) is 0.338. The van der Waals surface area contributed by atoms with Crippen LogP contribution < -0.4 is 0 Å². The van der Waals surface area contributed by atoms with Gasteiger partial charge in [0.25, 0.3) is 0 Å². The first-order valence-corrected chi connectivity index (χ1v) is 2.68. The van der Waals surface area contributed by atoms with Gasteiger partial charge in [0, 0.05) is 6.92 Å². The van der Waals surface area contributed by atoms with Crippen molar-refractivity contribution in [3.8, 4) is 0 Å². The molecule has 0 bridgehead atoms. The number of quaternary nitrogens is 1. The summed E-state index contributed by atoms with van der Waals surface area (Å²) in [5.74, 6) is 0. The summed E-state index contributed by atoms with van der Waals surface area (Å²) in [5.41, 5.74) is 0. The van der Waals surface area contributed by atoms with Gasteiger partial charge in [-0.15, -0.1) is 0 Å². The topological polar surface area (TPSA) is 0 Å². The lowest BCUT2D eigenvalue weighted by Gasteiger charge is -2.20. The third kappa shape index (κ3) is 2.71. The van der Waals surface area contributed by atoms with Gasteiger partial charge in [0.15, 0.2) is 4.99 Å². The van der Waals surface area contributed by atoms with Gasteiger partial charge in [-0.2, -0.15) is 0 Å². The van der Waals surface area contributed by atoms with Crippen LogP contribution in [0.1, 0.15) is 6.92 Å². The van der Waals surface area contributed by atoms with E-state index in [2.05, 4.69) is 21.1 Å². The molecule has 0 fully saturated rings. The monoisotopic (exact) mass is 118 g/mol. The molecule has 0 aromatic carbocycles. The third-order valence-electron chi connectivity index (χ3n) is 0.945. The molecule has 0 unspecified atom stereocenters. The Bertz CT molecular complexity index is 80.6. The number of nitrogens with zero attached hydrogens (tertiary/aromatic N) is 1. The van der Waals surface area contributed by atoms with Gasteiger partial charge in [0.05, 0.1) is 21.1 Å². The molecule has 0 aromatic heterocycles. The predicted octanol–water partition coefficient (Wildman–Crippen LogP) is 1.04. The van der Waals surface area contributed by atoms with Gasteiger partial charge in [-0.05, 0) is 12.2 Å². The molecule has 42 valence electrons. The highest BCUT2D eigenvalue weighted by Crippen LogP contribution is 1.91. The highest BCUT2D eigenvalue weighted by atomic mass is 32.1. The van der Waals surface area contributed by atoms with Crippen LogP contribution in [-0.4, -0.2) is 30.6 Å². The highest BCUT2D eigenvalue weighted by Gasteiger charge is 2.07. The Morgan fingerprint density at radius 2 is 1.43 bits per heavy atom. The maximum Gasteiger partial charge on any atom is 0.170 e. The molecular weight excluding hydrogens is 106 g/mol. The predicted molar refractivity (Wildman–Crippen MR) is 36.3 cm³/mol. The van der Waals surface area contributed by atoms with E-state index in [1.54, 1.807) is 0 Å². The summed E-state index contributed by atoms with van der Waals surface area (Å²) in [5, 5.41) is 0. The molecule has 0 N–H and O–H groups in total. The van der Waals surface area contributed by atoms with Crippen LogP contribution in [0, 0.1) is 0 Å². The molecule has 0 atom stereocenters. The third-order valence-corrected chi connectivity index (χ3v) is 1.49. The summed E-state index contributed by atoms with van der Waals surface area (Å²) < 4.78 is 0.787. The molecule has 0 aliphatic heterocycles. The van der Waals surface area contributed by atoms with E-state index in [0.29, 0.717) is 0 Å². The SMILES string of the molecule is CC(=S)[N+](C)(C)C. The Hall–Kier alpha value is 0.0500. The lowest BCUT2D eigenvalue weighted by Crippen LogP contribution is -2.37. The van der Waals surface area contributed by atoms with Gasteiger partial charge >= 0.3 is 0 Å². The second-order valence-corrected chi connectivity index (χ2v) is 3.12. The fourth-order valence-corrected chi connectivity index (χ4v) is 0. The Morgan fingerprint density at radius 3 is 1.43 bits per heavy atom. The zero-order valence-corrected chi connectivity index (χ0v) is 6.17. The van der Waals surface area contributed by atoms with Gasteiger partial charge in [-0.1, -0.05) is 0 Å². The molecule has 0 aliphatic rings. The van der Waals surface area contributed by atoms with E-state index >= 15 is 0 Å². The summed E-state index contributed by atoms with van der Waals surface area (Å²) in [4.78, 5) is 1.01. The second-order valence-electron chi connectivity index (χ2n) is 2.53. The van der Waals surface area contributed by atoms with E-state index in [4.69, 9.17) is 12.2 Å². The molecule has 0 saturated carbocycles. The number of rotatable bonds is 0. The smallest absolute Gasteiger partial charge is 0.170 e. The van der Waals surface area contributed by atoms with Crippen molar-refractivity contribution in [1.82, 2.24) is 0 Å². The first-order chi connectivity index (χ1) is 2.94. The first kappa shape index (κ1) is 7.05. The van der Waals surface area contributed by atoms with Crippen LogP contribution >= 0.6 is 12.2 Å². The molecule has 0 spiro atoms. The van der Waals surface area contributed by atoms with Gasteiger partial charge in [-0.25, -0.2) is 0 Å². The second kappa shape index (κ2) is 1.88. The molecule has 7 heavy (non-hydrogen) atoms. The summed E-state index contributed by atoms with van der Waals surface area (Å²) in [6.07, 6.45) is 0. The lowest BCUT2D eigenvalue weighted by molar-refractivity contribution is -0.774. The molecule has 2 heteroatoms. The maximum atomic E-state index is 4.91. The molecule has 0 heterocycles. The van der Waals surface area contributed by atoms with Crippen molar-refractivity contribution in [1.29, 1.82) is 0 Å². The molecule has 0 saturated heterocycles. The van der Waals surface area contributed by atoms with Crippen LogP contribution in [-0.2, 0) is 0 Å². The first-order valence-electron chi connectivity index (χ1n) is 2.27. The van der Waals surface area contributed by atoms with E-state index < -0.39 is 0 Å². The zero-order valence-electron chi connectivity index (χ0n) is 5.36. The number of hydrogen-bond acceptors (Lipinski definition) is 1. The summed E-state index contributed by atoms with van der Waals surface area (Å²) >= 11 is 4.91. The van der Waals surface area contributed by atoms with Crippen molar-refractivity contribution in [2.45, 2.75) is 6.92 Å². The normalized spacial score (nSPS) is 11.4. The Labute approximate surface area is 50.5 Å². The van der Waals surface area contributed by atoms with Crippen molar-refractivity contribution < 1.29 is 4.48 Å². The van der Waals surface area contributed by atoms with Crippen molar-refractivity contribution >= 4 is 17.2 Å². The molecule has 1 nitrogen and oxygen atoms in total. The van der Waals surface area contributed by atoms with Crippen LogP contribution in [0.4, 0.5) is 0 Å². The van der Waals surface area contributed by atoms with Crippen LogP contribution in [0.5, 0.6) is 0 Å². The molecule has 0 amide bonds. The number of thiocarbonyl (C=S) groups is 1. The van der Waals surface area contributed by atoms with Crippen molar-refractivity contribution in [2.75, 3.05) is 21.1 Å². The van der Waals surface area contributed by atoms with E-state index in [9.17, 15) is 0 Å². The minimum atomic E-state index is 0.787. The summed E-state index contributed by atoms with van der Waals surface area (Å²) in [7, 11) is 6.17. The lowest BCUT2D eigenvalue weighted by atomic mass is 10.6. The average Bonchev–Trinajstić information content (AvgIpc) is 1.31. The van der Waals surface area contributed by atoms with Gasteiger partial charge in [0.2, 0.25) is 0 Å². The van der Waals surface area contributed by atoms with Crippen molar-refractivity contribution in [2.24, 2.45) is 0 Å². The maximum absolute atomic E-state index is 4.91. The minimum absolute atomic E-state index is 0.787. The fraction of sp³-hybridized carbons (Fsp3) is 0.800. The summed E-state index contributed by atoms with van der Waals surface area (Å²) in [6, 6.07) is 0. The van der Waals surface area contributed by atoms with Crippen LogP contribution in [0.3, 0.4) is 0 Å². The standard InChI is InChI=1S/C5H12NS/c1-5(7)6(2,3)4/h1-4H3/q+1. The summed E-state index contributed by atoms with van der Waals surface area (Å²) in [6.45, 7) is 1.95. The molecule has 0 aliphatic carbocycles. The molecular formula is C5H12NS+. The molecule has 0 rings (SSSR count). The zero-order chi connectivity index (χ0) is 6.08. The highest BCUT2D eigenvalue weighted by molar-refractivity contribution is 7.79. The van der Waals surface area contributed by atoms with Crippen LogP contribution in [0.2, 0.25) is 0 Å². The fourth-order valence-electron chi connectivity index (χ4n) is 0. The minimum Gasteiger partial charge on any atom is -0.293 e. The number of hydrogen-bond donors (Lipinski definition) is 0. The van der Waals surface area contributed by atoms with E-state index in [-0.39, 0.29) is 0 Å². The van der Waals surface area contributed by atoms with Crippen molar-refractivity contribution in [3.63, 3.8) is 0 Å². The van der Waals surface area contributed by atoms with Gasteiger partial charge in [0.1, 0.15) is 0 Å². The van der Waals surface area contributed by atoms with Gasteiger partial charge in [-0.3, -0.25) is 4.48 Å².